The zero-order valence-corrected chi connectivity index (χ0v) is 30.3. The van der Waals surface area contributed by atoms with Crippen molar-refractivity contribution in [2.24, 2.45) is 0 Å². The van der Waals surface area contributed by atoms with Gasteiger partial charge < -0.3 is 13.7 Å². The van der Waals surface area contributed by atoms with Gasteiger partial charge in [0.25, 0.3) is 0 Å². The van der Waals surface area contributed by atoms with Crippen LogP contribution in [-0.2, 0) is 0 Å². The summed E-state index contributed by atoms with van der Waals surface area (Å²) in [5.74, 6) is 0. The highest BCUT2D eigenvalue weighted by molar-refractivity contribution is 6.15. The Balaban J connectivity index is 1.11. The third-order valence-electron chi connectivity index (χ3n) is 11.3. The van der Waals surface area contributed by atoms with Gasteiger partial charge in [0.1, 0.15) is 0 Å². The van der Waals surface area contributed by atoms with Crippen LogP contribution in [0.3, 0.4) is 0 Å². The van der Waals surface area contributed by atoms with E-state index in [1.165, 1.54) is 10.8 Å². The molecular weight excluding hydrogens is 697 g/mol. The highest BCUT2D eigenvalue weighted by Crippen LogP contribution is 2.43. The van der Waals surface area contributed by atoms with E-state index in [0.717, 1.165) is 82.8 Å². The monoisotopic (exact) mass is 724 g/mol. The van der Waals surface area contributed by atoms with Crippen LogP contribution in [-0.4, -0.2) is 13.7 Å². The Morgan fingerprint density at radius 3 is 1.58 bits per heavy atom. The molecule has 0 atom stereocenters. The molecule has 11 aromatic rings. The summed E-state index contributed by atoms with van der Waals surface area (Å²) in [6, 6.07) is 60.0. The molecule has 3 aromatic heterocycles. The van der Waals surface area contributed by atoms with Crippen LogP contribution < -0.4 is 0 Å². The molecule has 0 unspecified atom stereocenters. The molecule has 57 heavy (non-hydrogen) atoms. The molecule has 6 heteroatoms. The molecule has 0 fully saturated rings. The summed E-state index contributed by atoms with van der Waals surface area (Å²) in [7, 11) is 0. The zero-order valence-electron chi connectivity index (χ0n) is 30.3. The fourth-order valence-corrected chi connectivity index (χ4v) is 8.90. The van der Waals surface area contributed by atoms with E-state index in [4.69, 9.17) is 13.1 Å². The topological polar surface area (TPSA) is 47.3 Å². The lowest BCUT2D eigenvalue weighted by Crippen LogP contribution is -2.00. The third kappa shape index (κ3) is 4.61. The molecule has 0 aliphatic rings. The summed E-state index contributed by atoms with van der Waals surface area (Å²) < 4.78 is 6.71. The van der Waals surface area contributed by atoms with Gasteiger partial charge in [-0.15, -0.1) is 0 Å². The van der Waals surface area contributed by atoms with E-state index in [1.54, 1.807) is 0 Å². The first-order valence-electron chi connectivity index (χ1n) is 18.6. The maximum absolute atomic E-state index is 9.73. The smallest absolute Gasteiger partial charge is 0.211 e. The van der Waals surface area contributed by atoms with Gasteiger partial charge in [-0.3, -0.25) is 0 Å². The van der Waals surface area contributed by atoms with Gasteiger partial charge in [-0.2, -0.15) is 5.26 Å². The molecule has 3 heterocycles. The van der Waals surface area contributed by atoms with Crippen LogP contribution in [0.2, 0.25) is 0 Å². The Labute approximate surface area is 327 Å². The van der Waals surface area contributed by atoms with Gasteiger partial charge in [0.2, 0.25) is 5.69 Å². The minimum atomic E-state index is 0.454. The number of benzene rings is 8. The van der Waals surface area contributed by atoms with Crippen molar-refractivity contribution in [2.75, 3.05) is 0 Å². The third-order valence-corrected chi connectivity index (χ3v) is 11.3. The number of nitrogens with zero attached hydrogens (tertiary/aromatic N) is 6. The minimum absolute atomic E-state index is 0.454. The highest BCUT2D eigenvalue weighted by Gasteiger charge is 2.21. The first-order valence-corrected chi connectivity index (χ1v) is 18.6. The average Bonchev–Trinajstić information content (AvgIpc) is 3.91. The lowest BCUT2D eigenvalue weighted by atomic mass is 10.0. The van der Waals surface area contributed by atoms with Crippen molar-refractivity contribution in [1.29, 1.82) is 5.26 Å². The van der Waals surface area contributed by atoms with Crippen molar-refractivity contribution in [1.82, 2.24) is 13.7 Å². The molecule has 6 nitrogen and oxygen atoms in total. The Hall–Kier alpha value is -8.37. The zero-order chi connectivity index (χ0) is 38.2. The SMILES string of the molecule is [C-]#[N+]c1cc(-n2c3ccccc3c3cccc(-n4c5ccccc5c5ccccc54)c32)ccc1-c1ccc(-n2c3ccccc3c3ccc(C#N)cc32)c([N+]#[C-])c1. The molecule has 0 aliphatic heterocycles. The van der Waals surface area contributed by atoms with Crippen molar-refractivity contribution < 1.29 is 0 Å². The Bertz CT molecular complexity index is 3580. The van der Waals surface area contributed by atoms with Crippen LogP contribution in [0.5, 0.6) is 0 Å². The first kappa shape index (κ1) is 32.1. The molecule has 0 spiro atoms. The van der Waals surface area contributed by atoms with Crippen LogP contribution in [0, 0.1) is 24.5 Å². The Morgan fingerprint density at radius 2 is 0.965 bits per heavy atom. The summed E-state index contributed by atoms with van der Waals surface area (Å²) in [5.41, 5.74) is 11.9. The lowest BCUT2D eigenvalue weighted by Gasteiger charge is -2.16. The van der Waals surface area contributed by atoms with Gasteiger partial charge in [-0.25, -0.2) is 9.69 Å². The average molecular weight is 725 g/mol. The minimum Gasteiger partial charge on any atom is -0.319 e. The van der Waals surface area contributed by atoms with Crippen molar-refractivity contribution in [3.63, 3.8) is 0 Å². The van der Waals surface area contributed by atoms with E-state index in [-0.39, 0.29) is 0 Å². The predicted molar refractivity (Wildman–Crippen MR) is 232 cm³/mol. The normalized spacial score (nSPS) is 11.5. The molecule has 0 N–H and O–H groups in total. The largest absolute Gasteiger partial charge is 0.319 e. The second kappa shape index (κ2) is 12.3. The van der Waals surface area contributed by atoms with E-state index in [1.807, 2.05) is 66.7 Å². The number of nitriles is 1. The van der Waals surface area contributed by atoms with Crippen molar-refractivity contribution >= 4 is 76.8 Å². The number of fused-ring (bicyclic) bond motifs is 9. The van der Waals surface area contributed by atoms with Crippen LogP contribution in [0.25, 0.3) is 103 Å². The second-order valence-corrected chi connectivity index (χ2v) is 14.2. The molecule has 0 aliphatic carbocycles. The van der Waals surface area contributed by atoms with Crippen LogP contribution in [0.15, 0.2) is 170 Å². The number of para-hydroxylation sites is 5. The van der Waals surface area contributed by atoms with Gasteiger partial charge in [0.05, 0.1) is 69.3 Å². The molecule has 0 saturated heterocycles. The lowest BCUT2D eigenvalue weighted by molar-refractivity contribution is 1.13. The van der Waals surface area contributed by atoms with Crippen molar-refractivity contribution in [3.05, 3.63) is 198 Å². The summed E-state index contributed by atoms with van der Waals surface area (Å²) in [6.45, 7) is 16.7. The fourth-order valence-electron chi connectivity index (χ4n) is 8.90. The second-order valence-electron chi connectivity index (χ2n) is 14.2. The van der Waals surface area contributed by atoms with E-state index < -0.39 is 0 Å². The Kier molecular flexibility index (Phi) is 6.95. The van der Waals surface area contributed by atoms with Crippen LogP contribution in [0.4, 0.5) is 11.4 Å². The van der Waals surface area contributed by atoms with Gasteiger partial charge in [0.15, 0.2) is 5.69 Å². The van der Waals surface area contributed by atoms with E-state index >= 15 is 0 Å². The molecule has 8 aromatic carbocycles. The van der Waals surface area contributed by atoms with Crippen molar-refractivity contribution in [3.8, 4) is 34.3 Å². The molecule has 11 rings (SSSR count). The van der Waals surface area contributed by atoms with Gasteiger partial charge in [-0.05, 0) is 77.9 Å². The summed E-state index contributed by atoms with van der Waals surface area (Å²) in [6.07, 6.45) is 0. The summed E-state index contributed by atoms with van der Waals surface area (Å²) in [5, 5.41) is 16.4. The molecule has 0 amide bonds. The standard InChI is InChI=1S/C51H28N6/c1-53-42-30-34(24-26-35(42)33-23-27-48(43(29-33)54-2)57-47-20-10-5-14-38(47)40-25-22-32(31-52)28-50(40)57)55-44-17-7-6-15-39(44)41-16-11-21-49(51(41)55)56-45-18-8-3-12-36(45)37-13-4-9-19-46(37)56/h3-30H. The van der Waals surface area contributed by atoms with E-state index in [9.17, 15) is 5.26 Å². The molecule has 0 saturated carbocycles. The van der Waals surface area contributed by atoms with Crippen molar-refractivity contribution in [2.45, 2.75) is 0 Å². The fraction of sp³-hybridized carbons (Fsp3) is 0. The molecule has 0 radical (unpaired) electrons. The highest BCUT2D eigenvalue weighted by atomic mass is 15.1. The number of hydrogen-bond acceptors (Lipinski definition) is 1. The van der Waals surface area contributed by atoms with Crippen LogP contribution in [0.1, 0.15) is 5.56 Å². The summed E-state index contributed by atoms with van der Waals surface area (Å²) in [4.78, 5) is 8.09. The van der Waals surface area contributed by atoms with E-state index in [2.05, 4.69) is 133 Å². The predicted octanol–water partition coefficient (Wildman–Crippen LogP) is 13.6. The van der Waals surface area contributed by atoms with Gasteiger partial charge in [-0.1, -0.05) is 103 Å². The van der Waals surface area contributed by atoms with Gasteiger partial charge >= 0.3 is 0 Å². The molecule has 262 valence electrons. The number of hydrogen-bond donors (Lipinski definition) is 0. The maximum atomic E-state index is 9.73. The van der Waals surface area contributed by atoms with E-state index in [0.29, 0.717) is 16.9 Å². The first-order chi connectivity index (χ1) is 28.2. The van der Waals surface area contributed by atoms with Gasteiger partial charge in [0, 0.05) is 38.0 Å². The maximum Gasteiger partial charge on any atom is 0.211 e. The Morgan fingerprint density at radius 1 is 0.421 bits per heavy atom. The van der Waals surface area contributed by atoms with Crippen LogP contribution >= 0.6 is 0 Å². The number of rotatable bonds is 4. The summed E-state index contributed by atoms with van der Waals surface area (Å²) >= 11 is 0. The molecule has 0 bridgehead atoms. The number of aromatic nitrogens is 3. The molecular formula is C51H28N6. The quantitative estimate of drug-likeness (QED) is 0.167.